The van der Waals surface area contributed by atoms with Gasteiger partial charge < -0.3 is 0 Å². The highest BCUT2D eigenvalue weighted by molar-refractivity contribution is 7.99. The fraction of sp³-hybridized carbons (Fsp3) is 0.188. The molecule has 2 amide bonds. The predicted octanol–water partition coefficient (Wildman–Crippen LogP) is 2.65. The minimum atomic E-state index is -0.388. The lowest BCUT2D eigenvalue weighted by Gasteiger charge is -2.11. The Bertz CT molecular complexity index is 659. The van der Waals surface area contributed by atoms with E-state index in [1.54, 1.807) is 32.2 Å². The summed E-state index contributed by atoms with van der Waals surface area (Å²) in [5.41, 5.74) is 5.23. The van der Waals surface area contributed by atoms with Gasteiger partial charge in [0.05, 0.1) is 5.56 Å². The molecule has 0 unspecified atom stereocenters. The summed E-state index contributed by atoms with van der Waals surface area (Å²) >= 11 is 1.40. The first-order valence-corrected chi connectivity index (χ1v) is 7.67. The lowest BCUT2D eigenvalue weighted by Crippen LogP contribution is -2.43. The largest absolute Gasteiger partial charge is 0.273 e. The van der Waals surface area contributed by atoms with Crippen molar-refractivity contribution in [3.8, 4) is 0 Å². The zero-order valence-electron chi connectivity index (χ0n) is 12.4. The molecule has 114 valence electrons. The third kappa shape index (κ3) is 4.33. The van der Waals surface area contributed by atoms with Gasteiger partial charge in [0.1, 0.15) is 5.03 Å². The molecule has 0 spiro atoms. The van der Waals surface area contributed by atoms with E-state index in [0.29, 0.717) is 10.6 Å². The van der Waals surface area contributed by atoms with Crippen molar-refractivity contribution in [1.29, 1.82) is 0 Å². The molecule has 22 heavy (non-hydrogen) atoms. The van der Waals surface area contributed by atoms with E-state index in [0.717, 1.165) is 4.90 Å². The molecular formula is C16H17N3O2S. The number of rotatable bonds is 4. The van der Waals surface area contributed by atoms with Gasteiger partial charge in [-0.25, -0.2) is 4.98 Å². The summed E-state index contributed by atoms with van der Waals surface area (Å²) in [6.07, 6.45) is 1.63. The Morgan fingerprint density at radius 1 is 1.05 bits per heavy atom. The van der Waals surface area contributed by atoms with E-state index in [1.807, 2.05) is 30.3 Å². The summed E-state index contributed by atoms with van der Waals surface area (Å²) in [6.45, 7) is 3.50. The smallest absolute Gasteiger partial charge is 0.272 e. The van der Waals surface area contributed by atoms with Crippen molar-refractivity contribution in [2.24, 2.45) is 5.92 Å². The van der Waals surface area contributed by atoms with Crippen LogP contribution in [0, 0.1) is 5.92 Å². The molecule has 1 aromatic heterocycles. The summed E-state index contributed by atoms with van der Waals surface area (Å²) in [6, 6.07) is 13.0. The van der Waals surface area contributed by atoms with Gasteiger partial charge in [0.25, 0.3) is 5.91 Å². The SMILES string of the molecule is CC(C)C(=O)NNC(=O)c1cccnc1Sc1ccccc1. The maximum atomic E-state index is 12.2. The highest BCUT2D eigenvalue weighted by Crippen LogP contribution is 2.28. The van der Waals surface area contributed by atoms with Crippen LogP contribution in [0.2, 0.25) is 0 Å². The van der Waals surface area contributed by atoms with Gasteiger partial charge in [0.2, 0.25) is 5.91 Å². The van der Waals surface area contributed by atoms with Crippen molar-refractivity contribution in [1.82, 2.24) is 15.8 Å². The minimum absolute atomic E-state index is 0.202. The van der Waals surface area contributed by atoms with Crippen LogP contribution < -0.4 is 10.9 Å². The van der Waals surface area contributed by atoms with Crippen molar-refractivity contribution < 1.29 is 9.59 Å². The van der Waals surface area contributed by atoms with Crippen LogP contribution >= 0.6 is 11.8 Å². The molecule has 0 aliphatic heterocycles. The zero-order valence-corrected chi connectivity index (χ0v) is 13.2. The number of carbonyl (C=O) groups excluding carboxylic acids is 2. The molecule has 1 aromatic carbocycles. The number of hydrazine groups is 1. The first-order valence-electron chi connectivity index (χ1n) is 6.86. The maximum absolute atomic E-state index is 12.2. The molecule has 0 fully saturated rings. The van der Waals surface area contributed by atoms with Gasteiger partial charge in [-0.1, -0.05) is 43.8 Å². The molecule has 1 heterocycles. The number of nitrogens with one attached hydrogen (secondary N) is 2. The molecule has 2 N–H and O–H groups in total. The van der Waals surface area contributed by atoms with Crippen LogP contribution in [0.4, 0.5) is 0 Å². The van der Waals surface area contributed by atoms with E-state index in [2.05, 4.69) is 15.8 Å². The predicted molar refractivity (Wildman–Crippen MR) is 85.2 cm³/mol. The Kier molecular flexibility index (Phi) is 5.55. The topological polar surface area (TPSA) is 71.1 Å². The van der Waals surface area contributed by atoms with Crippen LogP contribution in [0.3, 0.4) is 0 Å². The molecular weight excluding hydrogens is 298 g/mol. The van der Waals surface area contributed by atoms with Gasteiger partial charge in [-0.05, 0) is 24.3 Å². The molecule has 0 saturated heterocycles. The molecule has 0 saturated carbocycles. The van der Waals surface area contributed by atoms with Crippen LogP contribution in [-0.2, 0) is 4.79 Å². The van der Waals surface area contributed by atoms with E-state index >= 15 is 0 Å². The van der Waals surface area contributed by atoms with Gasteiger partial charge in [-0.3, -0.25) is 20.4 Å². The fourth-order valence-electron chi connectivity index (χ4n) is 1.58. The Balaban J connectivity index is 2.11. The quantitative estimate of drug-likeness (QED) is 0.851. The highest BCUT2D eigenvalue weighted by atomic mass is 32.2. The molecule has 0 aliphatic carbocycles. The number of aromatic nitrogens is 1. The number of benzene rings is 1. The number of carbonyl (C=O) groups is 2. The standard InChI is InChI=1S/C16H17N3O2S/c1-11(2)14(20)18-19-15(21)13-9-6-10-17-16(13)22-12-7-4-3-5-8-12/h3-11H,1-2H3,(H,18,20)(H,19,21). The lowest BCUT2D eigenvalue weighted by molar-refractivity contribution is -0.124. The second-order valence-corrected chi connectivity index (χ2v) is 5.93. The van der Waals surface area contributed by atoms with E-state index in [9.17, 15) is 9.59 Å². The van der Waals surface area contributed by atoms with E-state index in [4.69, 9.17) is 0 Å². The average Bonchev–Trinajstić information content (AvgIpc) is 2.53. The van der Waals surface area contributed by atoms with Crippen molar-refractivity contribution in [3.63, 3.8) is 0 Å². The number of hydrogen-bond acceptors (Lipinski definition) is 4. The van der Waals surface area contributed by atoms with Crippen molar-refractivity contribution in [3.05, 3.63) is 54.2 Å². The molecule has 0 atom stereocenters. The maximum Gasteiger partial charge on any atom is 0.272 e. The van der Waals surface area contributed by atoms with Crippen LogP contribution in [0.1, 0.15) is 24.2 Å². The number of pyridine rings is 1. The number of nitrogens with zero attached hydrogens (tertiary/aromatic N) is 1. The molecule has 0 aliphatic rings. The van der Waals surface area contributed by atoms with Crippen molar-refractivity contribution >= 4 is 23.6 Å². The van der Waals surface area contributed by atoms with Crippen LogP contribution in [0.5, 0.6) is 0 Å². The Labute approximate surface area is 133 Å². The lowest BCUT2D eigenvalue weighted by atomic mass is 10.2. The molecule has 2 aromatic rings. The second-order valence-electron chi connectivity index (χ2n) is 4.87. The van der Waals surface area contributed by atoms with Gasteiger partial charge in [-0.15, -0.1) is 0 Å². The van der Waals surface area contributed by atoms with Crippen LogP contribution in [-0.4, -0.2) is 16.8 Å². The van der Waals surface area contributed by atoms with E-state index < -0.39 is 0 Å². The highest BCUT2D eigenvalue weighted by Gasteiger charge is 2.15. The third-order valence-electron chi connectivity index (χ3n) is 2.80. The molecule has 6 heteroatoms. The normalized spacial score (nSPS) is 10.3. The molecule has 2 rings (SSSR count). The third-order valence-corrected chi connectivity index (χ3v) is 3.82. The summed E-state index contributed by atoms with van der Waals surface area (Å²) in [5.74, 6) is -0.831. The Morgan fingerprint density at radius 2 is 1.77 bits per heavy atom. The summed E-state index contributed by atoms with van der Waals surface area (Å²) in [7, 11) is 0. The van der Waals surface area contributed by atoms with Gasteiger partial charge in [-0.2, -0.15) is 0 Å². The van der Waals surface area contributed by atoms with Gasteiger partial charge in [0.15, 0.2) is 0 Å². The minimum Gasteiger partial charge on any atom is -0.273 e. The average molecular weight is 315 g/mol. The first-order chi connectivity index (χ1) is 10.6. The fourth-order valence-corrected chi connectivity index (χ4v) is 2.48. The van der Waals surface area contributed by atoms with Gasteiger partial charge in [0, 0.05) is 17.0 Å². The first kappa shape index (κ1) is 16.0. The second kappa shape index (κ2) is 7.61. The molecule has 5 nitrogen and oxygen atoms in total. The number of amides is 2. The van der Waals surface area contributed by atoms with Crippen LogP contribution in [0.25, 0.3) is 0 Å². The summed E-state index contributed by atoms with van der Waals surface area (Å²) in [4.78, 5) is 28.9. The monoisotopic (exact) mass is 315 g/mol. The zero-order chi connectivity index (χ0) is 15.9. The van der Waals surface area contributed by atoms with Crippen LogP contribution in [0.15, 0.2) is 58.6 Å². The summed E-state index contributed by atoms with van der Waals surface area (Å²) < 4.78 is 0. The molecule has 0 bridgehead atoms. The number of hydrogen-bond donors (Lipinski definition) is 2. The Morgan fingerprint density at radius 3 is 2.45 bits per heavy atom. The Hall–Kier alpha value is -2.34. The molecule has 0 radical (unpaired) electrons. The van der Waals surface area contributed by atoms with Crippen molar-refractivity contribution in [2.75, 3.05) is 0 Å². The van der Waals surface area contributed by atoms with E-state index in [-0.39, 0.29) is 17.7 Å². The van der Waals surface area contributed by atoms with Crippen molar-refractivity contribution in [2.45, 2.75) is 23.8 Å². The van der Waals surface area contributed by atoms with Gasteiger partial charge >= 0.3 is 0 Å². The van der Waals surface area contributed by atoms with E-state index in [1.165, 1.54) is 11.8 Å². The summed E-state index contributed by atoms with van der Waals surface area (Å²) in [5, 5.41) is 0.588.